The van der Waals surface area contributed by atoms with Crippen LogP contribution in [-0.4, -0.2) is 29.7 Å². The Labute approximate surface area is 181 Å². The molecule has 0 atom stereocenters. The average molecular weight is 418 g/mol. The summed E-state index contributed by atoms with van der Waals surface area (Å²) in [7, 11) is 1.53. The number of carbonyl (C=O) groups is 2. The predicted molar refractivity (Wildman–Crippen MR) is 122 cm³/mol. The van der Waals surface area contributed by atoms with E-state index in [0.29, 0.717) is 11.4 Å². The lowest BCUT2D eigenvalue weighted by Gasteiger charge is -2.11. The monoisotopic (exact) mass is 418 g/mol. The highest BCUT2D eigenvalue weighted by atomic mass is 16.5. The molecule has 0 aliphatic heterocycles. The highest BCUT2D eigenvalue weighted by Crippen LogP contribution is 2.22. The number of aryl methyl sites for hydroxylation is 3. The first-order valence-corrected chi connectivity index (χ1v) is 9.85. The van der Waals surface area contributed by atoms with Crippen molar-refractivity contribution in [2.45, 2.75) is 27.7 Å². The summed E-state index contributed by atoms with van der Waals surface area (Å²) in [6.45, 7) is 8.17. The maximum absolute atomic E-state index is 12.1. The summed E-state index contributed by atoms with van der Waals surface area (Å²) in [6, 6.07) is 15.0. The third-order valence-electron chi connectivity index (χ3n) is 5.12. The molecule has 1 aromatic heterocycles. The van der Waals surface area contributed by atoms with Crippen LogP contribution in [0.4, 0.5) is 5.69 Å². The van der Waals surface area contributed by atoms with E-state index in [1.807, 2.05) is 19.9 Å². The van der Waals surface area contributed by atoms with Gasteiger partial charge in [-0.05, 0) is 69.2 Å². The number of rotatable bonds is 5. The molecule has 160 valence electrons. The molecule has 3 rings (SSSR count). The van der Waals surface area contributed by atoms with E-state index in [4.69, 9.17) is 4.74 Å². The van der Waals surface area contributed by atoms with Gasteiger partial charge in [0.15, 0.2) is 0 Å². The standard InChI is InChI=1S/C24H26N4O3/c1-15-9-10-21(11-16(15)2)28-17(3)12-19(18(28)4)14-25-27-24(30)23(29)26-20-7-6-8-22(13-20)31-5/h6-14H,1-5H3,(H,26,29)(H,27,30)/b25-14-. The third-order valence-corrected chi connectivity index (χ3v) is 5.12. The molecule has 3 aromatic rings. The Balaban J connectivity index is 1.68. The van der Waals surface area contributed by atoms with Crippen molar-refractivity contribution in [2.24, 2.45) is 5.10 Å². The molecule has 0 radical (unpaired) electrons. The van der Waals surface area contributed by atoms with Gasteiger partial charge in [0.1, 0.15) is 5.75 Å². The fourth-order valence-electron chi connectivity index (χ4n) is 3.28. The minimum Gasteiger partial charge on any atom is -0.497 e. The number of ether oxygens (including phenoxy) is 1. The topological polar surface area (TPSA) is 84.7 Å². The van der Waals surface area contributed by atoms with Gasteiger partial charge in [0, 0.05) is 34.4 Å². The minimum absolute atomic E-state index is 0.459. The highest BCUT2D eigenvalue weighted by molar-refractivity contribution is 6.39. The predicted octanol–water partition coefficient (Wildman–Crippen LogP) is 3.81. The Morgan fingerprint density at radius 1 is 0.968 bits per heavy atom. The molecule has 0 unspecified atom stereocenters. The average Bonchev–Trinajstić information content (AvgIpc) is 3.03. The summed E-state index contributed by atoms with van der Waals surface area (Å²) < 4.78 is 7.23. The summed E-state index contributed by atoms with van der Waals surface area (Å²) in [6.07, 6.45) is 1.54. The number of nitrogens with one attached hydrogen (secondary N) is 2. The van der Waals surface area contributed by atoms with Gasteiger partial charge in [-0.15, -0.1) is 0 Å². The van der Waals surface area contributed by atoms with Crippen LogP contribution >= 0.6 is 0 Å². The van der Waals surface area contributed by atoms with Crippen molar-refractivity contribution in [1.29, 1.82) is 0 Å². The van der Waals surface area contributed by atoms with Gasteiger partial charge in [0.05, 0.1) is 13.3 Å². The quantitative estimate of drug-likeness (QED) is 0.375. The van der Waals surface area contributed by atoms with Gasteiger partial charge in [0.25, 0.3) is 0 Å². The summed E-state index contributed by atoms with van der Waals surface area (Å²) in [5.74, 6) is -1.09. The van der Waals surface area contributed by atoms with Gasteiger partial charge in [-0.1, -0.05) is 12.1 Å². The second-order valence-corrected chi connectivity index (χ2v) is 7.32. The van der Waals surface area contributed by atoms with E-state index in [0.717, 1.165) is 22.6 Å². The second kappa shape index (κ2) is 9.30. The number of carbonyl (C=O) groups excluding carboxylic acids is 2. The fourth-order valence-corrected chi connectivity index (χ4v) is 3.28. The zero-order chi connectivity index (χ0) is 22.5. The molecule has 2 N–H and O–H groups in total. The number of methoxy groups -OCH3 is 1. The number of hydrogen-bond donors (Lipinski definition) is 2. The van der Waals surface area contributed by atoms with Crippen LogP contribution in [0.15, 0.2) is 53.6 Å². The van der Waals surface area contributed by atoms with Crippen LogP contribution < -0.4 is 15.5 Å². The van der Waals surface area contributed by atoms with Crippen LogP contribution in [0.2, 0.25) is 0 Å². The van der Waals surface area contributed by atoms with Crippen LogP contribution in [0.25, 0.3) is 5.69 Å². The van der Waals surface area contributed by atoms with Crippen molar-refractivity contribution >= 4 is 23.7 Å². The summed E-state index contributed by atoms with van der Waals surface area (Å²) >= 11 is 0. The Kier molecular flexibility index (Phi) is 6.55. The van der Waals surface area contributed by atoms with Gasteiger partial charge in [0.2, 0.25) is 0 Å². The van der Waals surface area contributed by atoms with E-state index in [1.54, 1.807) is 24.3 Å². The lowest BCUT2D eigenvalue weighted by atomic mass is 10.1. The smallest absolute Gasteiger partial charge is 0.329 e. The molecule has 2 aromatic carbocycles. The van der Waals surface area contributed by atoms with Crippen molar-refractivity contribution in [3.63, 3.8) is 0 Å². The number of benzene rings is 2. The molecule has 0 saturated heterocycles. The van der Waals surface area contributed by atoms with E-state index >= 15 is 0 Å². The van der Waals surface area contributed by atoms with E-state index in [2.05, 4.69) is 52.5 Å². The molecule has 0 saturated carbocycles. The first kappa shape index (κ1) is 21.8. The maximum atomic E-state index is 12.1. The first-order chi connectivity index (χ1) is 14.8. The van der Waals surface area contributed by atoms with Crippen LogP contribution in [0.3, 0.4) is 0 Å². The molecule has 31 heavy (non-hydrogen) atoms. The SMILES string of the molecule is COc1cccc(NC(=O)C(=O)N/N=C\c2cc(C)n(-c3ccc(C)c(C)c3)c2C)c1. The Morgan fingerprint density at radius 2 is 1.74 bits per heavy atom. The number of nitrogens with zero attached hydrogens (tertiary/aromatic N) is 2. The van der Waals surface area contributed by atoms with E-state index in [9.17, 15) is 9.59 Å². The molecule has 0 aliphatic carbocycles. The second-order valence-electron chi connectivity index (χ2n) is 7.32. The summed E-state index contributed by atoms with van der Waals surface area (Å²) in [5.41, 5.74) is 9.14. The number of hydrogen-bond acceptors (Lipinski definition) is 4. The zero-order valence-corrected chi connectivity index (χ0v) is 18.3. The zero-order valence-electron chi connectivity index (χ0n) is 18.3. The molecule has 7 heteroatoms. The lowest BCUT2D eigenvalue weighted by Crippen LogP contribution is -2.32. The van der Waals surface area contributed by atoms with E-state index < -0.39 is 11.8 Å². The van der Waals surface area contributed by atoms with E-state index in [1.165, 1.54) is 24.5 Å². The van der Waals surface area contributed by atoms with Crippen LogP contribution in [0.5, 0.6) is 5.75 Å². The van der Waals surface area contributed by atoms with Gasteiger partial charge in [-0.25, -0.2) is 5.43 Å². The maximum Gasteiger partial charge on any atom is 0.329 e. The van der Waals surface area contributed by atoms with Gasteiger partial charge < -0.3 is 14.6 Å². The molecule has 0 fully saturated rings. The fraction of sp³-hybridized carbons (Fsp3) is 0.208. The Hall–Kier alpha value is -3.87. The summed E-state index contributed by atoms with van der Waals surface area (Å²) in [4.78, 5) is 24.1. The van der Waals surface area contributed by atoms with Gasteiger partial charge >= 0.3 is 11.8 Å². The Morgan fingerprint density at radius 3 is 2.45 bits per heavy atom. The number of anilines is 1. The molecule has 0 spiro atoms. The minimum atomic E-state index is -0.859. The van der Waals surface area contributed by atoms with Crippen molar-refractivity contribution in [1.82, 2.24) is 9.99 Å². The largest absolute Gasteiger partial charge is 0.497 e. The van der Waals surface area contributed by atoms with Crippen molar-refractivity contribution < 1.29 is 14.3 Å². The van der Waals surface area contributed by atoms with Crippen LogP contribution in [-0.2, 0) is 9.59 Å². The number of aromatic nitrogens is 1. The molecule has 0 aliphatic rings. The molecular formula is C24H26N4O3. The van der Waals surface area contributed by atoms with Gasteiger partial charge in [-0.2, -0.15) is 5.10 Å². The van der Waals surface area contributed by atoms with Crippen molar-refractivity contribution in [3.05, 3.63) is 76.6 Å². The first-order valence-electron chi connectivity index (χ1n) is 9.85. The lowest BCUT2D eigenvalue weighted by molar-refractivity contribution is -0.136. The Bertz CT molecular complexity index is 1160. The van der Waals surface area contributed by atoms with Crippen LogP contribution in [0, 0.1) is 27.7 Å². The molecule has 0 bridgehead atoms. The van der Waals surface area contributed by atoms with Crippen LogP contribution in [0.1, 0.15) is 28.1 Å². The van der Waals surface area contributed by atoms with Gasteiger partial charge in [-0.3, -0.25) is 9.59 Å². The number of amides is 2. The summed E-state index contributed by atoms with van der Waals surface area (Å²) in [5, 5.41) is 6.47. The number of hydrazone groups is 1. The molecule has 1 heterocycles. The third kappa shape index (κ3) is 5.01. The molecule has 7 nitrogen and oxygen atoms in total. The van der Waals surface area contributed by atoms with Crippen molar-refractivity contribution in [3.8, 4) is 11.4 Å². The highest BCUT2D eigenvalue weighted by Gasteiger charge is 2.14. The van der Waals surface area contributed by atoms with Crippen molar-refractivity contribution in [2.75, 3.05) is 12.4 Å². The normalized spacial score (nSPS) is 10.9. The van der Waals surface area contributed by atoms with E-state index in [-0.39, 0.29) is 0 Å². The molecule has 2 amide bonds. The molecular weight excluding hydrogens is 392 g/mol.